The van der Waals surface area contributed by atoms with E-state index in [1.165, 1.54) is 13.2 Å². The Morgan fingerprint density at radius 1 is 1.16 bits per heavy atom. The van der Waals surface area contributed by atoms with Crippen molar-refractivity contribution in [2.75, 3.05) is 20.3 Å². The van der Waals surface area contributed by atoms with E-state index in [0.29, 0.717) is 22.9 Å². The van der Waals surface area contributed by atoms with Gasteiger partial charge in [0.25, 0.3) is 11.1 Å². The van der Waals surface area contributed by atoms with E-state index in [-0.39, 0.29) is 28.7 Å². The molecule has 0 unspecified atom stereocenters. The summed E-state index contributed by atoms with van der Waals surface area (Å²) < 4.78 is 11.3. The number of hydrogen-bond acceptors (Lipinski definition) is 7. The molecule has 1 N–H and O–H groups in total. The second-order valence-corrected chi connectivity index (χ2v) is 8.17. The summed E-state index contributed by atoms with van der Waals surface area (Å²) in [5, 5.41) is 8.32. The molecule has 2 amide bonds. The average Bonchev–Trinajstić information content (AvgIpc) is 3.00. The minimum absolute atomic E-state index is 0.0852. The number of halogens is 1. The molecule has 1 heterocycles. The van der Waals surface area contributed by atoms with Crippen LogP contribution in [0.3, 0.4) is 0 Å². The third kappa shape index (κ3) is 5.33. The van der Waals surface area contributed by atoms with Crippen LogP contribution in [-0.4, -0.2) is 53.2 Å². The number of benzene rings is 2. The fraction of sp³-hybridized carbons (Fsp3) is 0.143. The van der Waals surface area contributed by atoms with Crippen LogP contribution < -0.4 is 9.47 Å². The fourth-order valence-electron chi connectivity index (χ4n) is 2.74. The molecule has 160 valence electrons. The van der Waals surface area contributed by atoms with Crippen LogP contribution in [0.4, 0.5) is 4.79 Å². The number of carboxylic acids is 1. The Morgan fingerprint density at radius 2 is 1.87 bits per heavy atom. The summed E-state index contributed by atoms with van der Waals surface area (Å²) in [6, 6.07) is 11.4. The summed E-state index contributed by atoms with van der Waals surface area (Å²) in [5.74, 6) is -1.76. The van der Waals surface area contributed by atoms with Crippen LogP contribution in [0.15, 0.2) is 51.8 Å². The van der Waals surface area contributed by atoms with Crippen molar-refractivity contribution in [1.82, 2.24) is 4.90 Å². The zero-order valence-corrected chi connectivity index (χ0v) is 18.6. The highest BCUT2D eigenvalue weighted by Crippen LogP contribution is 2.37. The van der Waals surface area contributed by atoms with Crippen LogP contribution in [0.5, 0.6) is 11.5 Å². The van der Waals surface area contributed by atoms with Crippen LogP contribution in [0.25, 0.3) is 6.08 Å². The van der Waals surface area contributed by atoms with Crippen LogP contribution in [0.1, 0.15) is 15.9 Å². The molecule has 0 spiro atoms. The van der Waals surface area contributed by atoms with E-state index >= 15 is 0 Å². The minimum Gasteiger partial charge on any atom is -0.493 e. The Bertz CT molecular complexity index is 1080. The zero-order valence-electron chi connectivity index (χ0n) is 16.2. The molecule has 31 heavy (non-hydrogen) atoms. The number of ether oxygens (including phenoxy) is 2. The largest absolute Gasteiger partial charge is 0.493 e. The molecule has 0 aromatic heterocycles. The van der Waals surface area contributed by atoms with Gasteiger partial charge in [-0.05, 0) is 36.0 Å². The average molecular weight is 506 g/mol. The van der Waals surface area contributed by atoms with Crippen molar-refractivity contribution in [3.05, 3.63) is 63.0 Å². The summed E-state index contributed by atoms with van der Waals surface area (Å²) in [6.07, 6.45) is 1.41. The van der Waals surface area contributed by atoms with Crippen molar-refractivity contribution in [2.24, 2.45) is 0 Å². The van der Waals surface area contributed by atoms with Gasteiger partial charge in [-0.25, -0.2) is 4.79 Å². The summed E-state index contributed by atoms with van der Waals surface area (Å²) in [5.41, 5.74) is 0.744. The molecule has 0 radical (unpaired) electrons. The number of amides is 2. The van der Waals surface area contributed by atoms with Gasteiger partial charge in [-0.1, -0.05) is 40.2 Å². The number of carboxylic acid groups (broad SMARTS) is 1. The highest BCUT2D eigenvalue weighted by atomic mass is 79.9. The van der Waals surface area contributed by atoms with Crippen molar-refractivity contribution in [3.8, 4) is 11.5 Å². The number of hydrogen-bond donors (Lipinski definition) is 1. The molecular weight excluding hydrogens is 490 g/mol. The van der Waals surface area contributed by atoms with E-state index in [1.807, 2.05) is 0 Å². The van der Waals surface area contributed by atoms with E-state index in [1.54, 1.807) is 42.5 Å². The molecule has 1 saturated heterocycles. The first-order chi connectivity index (χ1) is 14.8. The first kappa shape index (κ1) is 22.6. The molecule has 8 nitrogen and oxygen atoms in total. The smallest absolute Gasteiger partial charge is 0.341 e. The maximum Gasteiger partial charge on any atom is 0.341 e. The molecular formula is C21H16BrNO7S. The van der Waals surface area contributed by atoms with Crippen molar-refractivity contribution >= 4 is 56.7 Å². The molecule has 0 atom stereocenters. The molecule has 3 rings (SSSR count). The van der Waals surface area contributed by atoms with Gasteiger partial charge < -0.3 is 14.6 Å². The lowest BCUT2D eigenvalue weighted by molar-refractivity contribution is -0.139. The molecule has 2 aromatic rings. The first-order valence-corrected chi connectivity index (χ1v) is 10.5. The topological polar surface area (TPSA) is 110 Å². The monoisotopic (exact) mass is 505 g/mol. The predicted octanol–water partition coefficient (Wildman–Crippen LogP) is 3.84. The second kappa shape index (κ2) is 9.80. The lowest BCUT2D eigenvalue weighted by Gasteiger charge is -2.13. The lowest BCUT2D eigenvalue weighted by Crippen LogP contribution is -2.33. The number of carbonyl (C=O) groups excluding carboxylic acids is 3. The van der Waals surface area contributed by atoms with Crippen LogP contribution in [-0.2, 0) is 9.59 Å². The molecule has 1 fully saturated rings. The van der Waals surface area contributed by atoms with Crippen LogP contribution in [0, 0.1) is 0 Å². The Morgan fingerprint density at radius 3 is 2.52 bits per heavy atom. The van der Waals surface area contributed by atoms with Crippen LogP contribution >= 0.6 is 27.7 Å². The fourth-order valence-corrected chi connectivity index (χ4v) is 3.84. The van der Waals surface area contributed by atoms with E-state index in [9.17, 15) is 19.2 Å². The van der Waals surface area contributed by atoms with Crippen molar-refractivity contribution < 1.29 is 33.8 Å². The van der Waals surface area contributed by atoms with Gasteiger partial charge in [0, 0.05) is 15.6 Å². The van der Waals surface area contributed by atoms with E-state index in [2.05, 4.69) is 15.9 Å². The molecule has 0 saturated carbocycles. The number of rotatable bonds is 8. The number of nitrogens with zero attached hydrogens (tertiary/aromatic N) is 1. The Hall–Kier alpha value is -3.11. The normalized spacial score (nSPS) is 14.8. The van der Waals surface area contributed by atoms with Crippen molar-refractivity contribution in [1.29, 1.82) is 0 Å². The molecule has 0 aliphatic carbocycles. The zero-order chi connectivity index (χ0) is 22.5. The summed E-state index contributed by atoms with van der Waals surface area (Å²) >= 11 is 3.97. The standard InChI is InChI=1S/C21H16BrNO7S/c1-29-16-4-2-3-13(19(16)30-11-18(25)26)9-17-20(27)23(21(28)31-17)10-15(24)12-5-7-14(22)8-6-12/h2-9H,10-11H2,1H3,(H,25,26)/b17-9+. The molecule has 0 bridgehead atoms. The molecule has 10 heteroatoms. The van der Waals surface area contributed by atoms with Gasteiger partial charge in [0.05, 0.1) is 18.6 Å². The number of imide groups is 1. The van der Waals surface area contributed by atoms with Crippen molar-refractivity contribution in [2.45, 2.75) is 0 Å². The van der Waals surface area contributed by atoms with Gasteiger partial charge in [-0.3, -0.25) is 19.3 Å². The number of aliphatic carboxylic acids is 1. The van der Waals surface area contributed by atoms with Crippen molar-refractivity contribution in [3.63, 3.8) is 0 Å². The number of carbonyl (C=O) groups is 4. The van der Waals surface area contributed by atoms with E-state index < -0.39 is 23.7 Å². The first-order valence-electron chi connectivity index (χ1n) is 8.86. The third-order valence-electron chi connectivity index (χ3n) is 4.20. The Kier molecular flexibility index (Phi) is 7.13. The number of ketones is 1. The minimum atomic E-state index is -1.18. The number of thioether (sulfide) groups is 1. The van der Waals surface area contributed by atoms with Gasteiger partial charge >= 0.3 is 5.97 Å². The van der Waals surface area contributed by atoms with Gasteiger partial charge in [0.2, 0.25) is 0 Å². The highest BCUT2D eigenvalue weighted by molar-refractivity contribution is 9.10. The SMILES string of the molecule is COc1cccc(/C=C2/SC(=O)N(CC(=O)c3ccc(Br)cc3)C2=O)c1OCC(=O)O. The van der Waals surface area contributed by atoms with Gasteiger partial charge in [0.15, 0.2) is 23.9 Å². The summed E-state index contributed by atoms with van der Waals surface area (Å²) in [4.78, 5) is 49.4. The number of methoxy groups -OCH3 is 1. The van der Waals surface area contributed by atoms with Gasteiger partial charge in [0.1, 0.15) is 0 Å². The molecule has 1 aliphatic heterocycles. The second-order valence-electron chi connectivity index (χ2n) is 6.26. The van der Waals surface area contributed by atoms with E-state index in [0.717, 1.165) is 9.37 Å². The maximum absolute atomic E-state index is 12.8. The molecule has 1 aliphatic rings. The predicted molar refractivity (Wildman–Crippen MR) is 117 cm³/mol. The molecule has 2 aromatic carbocycles. The van der Waals surface area contributed by atoms with Crippen LogP contribution in [0.2, 0.25) is 0 Å². The van der Waals surface area contributed by atoms with Gasteiger partial charge in [-0.2, -0.15) is 0 Å². The lowest BCUT2D eigenvalue weighted by atomic mass is 10.1. The quantitative estimate of drug-likeness (QED) is 0.425. The van der Waals surface area contributed by atoms with Gasteiger partial charge in [-0.15, -0.1) is 0 Å². The number of para-hydroxylation sites is 1. The summed E-state index contributed by atoms with van der Waals surface area (Å²) in [6.45, 7) is -0.992. The highest BCUT2D eigenvalue weighted by Gasteiger charge is 2.36. The third-order valence-corrected chi connectivity index (χ3v) is 5.63. The maximum atomic E-state index is 12.8. The van der Waals surface area contributed by atoms with E-state index in [4.69, 9.17) is 14.6 Å². The summed E-state index contributed by atoms with van der Waals surface area (Å²) in [7, 11) is 1.40. The number of Topliss-reactive ketones (excluding diaryl/α,β-unsaturated/α-hetero) is 1. The Balaban J connectivity index is 1.84. The Labute approximate surface area is 189 Å².